The lowest BCUT2D eigenvalue weighted by molar-refractivity contribution is 0.00693. The number of likely N-dealkylation sites (N-methyl/N-ethyl adjacent to an activating group) is 1. The number of amides is 2. The maximum absolute atomic E-state index is 13.3. The summed E-state index contributed by atoms with van der Waals surface area (Å²) in [6.45, 7) is 13.4. The Kier molecular flexibility index (Phi) is 7.71. The van der Waals surface area contributed by atoms with Gasteiger partial charge in [0.1, 0.15) is 15.6 Å². The molecule has 2 N–H and O–H groups in total. The number of hydrogen-bond donors (Lipinski definition) is 2. The monoisotopic (exact) mass is 554 g/mol. The van der Waals surface area contributed by atoms with Crippen LogP contribution < -0.4 is 10.6 Å². The van der Waals surface area contributed by atoms with Gasteiger partial charge >= 0.3 is 12.0 Å². The van der Waals surface area contributed by atoms with Crippen LogP contribution >= 0.6 is 22.7 Å². The van der Waals surface area contributed by atoms with Crippen molar-refractivity contribution >= 4 is 39.7 Å². The van der Waals surface area contributed by atoms with Crippen LogP contribution in [-0.2, 0) is 30.7 Å². The van der Waals surface area contributed by atoms with E-state index in [2.05, 4.69) is 46.3 Å². The molecule has 1 unspecified atom stereocenters. The first-order valence-corrected chi connectivity index (χ1v) is 15.2. The zero-order chi connectivity index (χ0) is 27.0. The number of hydrogen-bond acceptors (Lipinski definition) is 6. The molecule has 0 spiro atoms. The van der Waals surface area contributed by atoms with Crippen LogP contribution in [0, 0.1) is 0 Å². The number of anilines is 1. The summed E-state index contributed by atoms with van der Waals surface area (Å²) < 4.78 is 7.91. The quantitative estimate of drug-likeness (QED) is 0.333. The van der Waals surface area contributed by atoms with Crippen LogP contribution in [0.4, 0.5) is 9.80 Å². The largest absolute Gasteiger partial charge is 0.456 e. The van der Waals surface area contributed by atoms with Gasteiger partial charge in [-0.3, -0.25) is 10.2 Å². The van der Waals surface area contributed by atoms with Crippen molar-refractivity contribution in [2.75, 3.05) is 18.4 Å². The van der Waals surface area contributed by atoms with Crippen molar-refractivity contribution < 1.29 is 14.3 Å². The Labute approximate surface area is 233 Å². The Morgan fingerprint density at radius 1 is 1.13 bits per heavy atom. The van der Waals surface area contributed by atoms with Gasteiger partial charge in [0, 0.05) is 47.3 Å². The molecular formula is C29H38N4O3S2. The molecule has 0 saturated heterocycles. The third kappa shape index (κ3) is 5.55. The smallest absolute Gasteiger partial charge is 0.341 e. The third-order valence-corrected chi connectivity index (χ3v) is 9.78. The molecule has 0 saturated carbocycles. The zero-order valence-corrected chi connectivity index (χ0v) is 24.6. The highest BCUT2D eigenvalue weighted by atomic mass is 32.1. The minimum atomic E-state index is -0.608. The van der Waals surface area contributed by atoms with Crippen molar-refractivity contribution in [2.24, 2.45) is 0 Å². The number of carbonyl (C=O) groups excluding carboxylic acids is 2. The third-order valence-electron chi connectivity index (χ3n) is 7.32. The minimum absolute atomic E-state index is 0.264. The molecule has 38 heavy (non-hydrogen) atoms. The Morgan fingerprint density at radius 2 is 1.89 bits per heavy atom. The number of carbonyl (C=O) groups is 2. The summed E-state index contributed by atoms with van der Waals surface area (Å²) in [5.41, 5.74) is 3.51. The minimum Gasteiger partial charge on any atom is -0.456 e. The van der Waals surface area contributed by atoms with E-state index in [0.29, 0.717) is 17.1 Å². The number of nitrogens with one attached hydrogen (secondary N) is 2. The molecule has 0 aromatic carbocycles. The van der Waals surface area contributed by atoms with Crippen LogP contribution in [0.1, 0.15) is 90.2 Å². The highest BCUT2D eigenvalue weighted by molar-refractivity contribution is 7.17. The number of fused-ring (bicyclic) bond motifs is 2. The standard InChI is InChI=1S/C29H38N4O3S2/c1-6-32-15-12-19-20(26(38-22(19)17-32)33-13-7-8-14-33)16-30-28(35)31-25-24(27(34)36-29(3,4)5)23-18(2)10-9-11-21(23)37-25/h7-8,13-14,18H,6,9-12,15-17H2,1-5H3,(H2,30,31,35). The van der Waals surface area contributed by atoms with Crippen molar-refractivity contribution in [1.29, 1.82) is 0 Å². The Hall–Kier alpha value is -2.62. The number of esters is 1. The van der Waals surface area contributed by atoms with Crippen molar-refractivity contribution in [3.8, 4) is 5.00 Å². The lowest BCUT2D eigenvalue weighted by Crippen LogP contribution is -2.32. The van der Waals surface area contributed by atoms with Gasteiger partial charge in [-0.1, -0.05) is 13.8 Å². The fraction of sp³-hybridized carbons (Fsp3) is 0.517. The summed E-state index contributed by atoms with van der Waals surface area (Å²) in [4.78, 5) is 31.5. The molecule has 5 rings (SSSR count). The van der Waals surface area contributed by atoms with Crippen LogP contribution in [0.5, 0.6) is 0 Å². The molecule has 9 heteroatoms. The second kappa shape index (κ2) is 10.9. The first-order valence-electron chi connectivity index (χ1n) is 13.6. The van der Waals surface area contributed by atoms with E-state index in [4.69, 9.17) is 4.74 Å². The van der Waals surface area contributed by atoms with Gasteiger partial charge in [0.2, 0.25) is 0 Å². The number of nitrogens with zero attached hydrogens (tertiary/aromatic N) is 2. The molecule has 0 bridgehead atoms. The number of thiophene rings is 2. The van der Waals surface area contributed by atoms with Crippen molar-refractivity contribution in [2.45, 2.75) is 84.9 Å². The van der Waals surface area contributed by atoms with Gasteiger partial charge in [-0.2, -0.15) is 0 Å². The second-order valence-electron chi connectivity index (χ2n) is 11.2. The summed E-state index contributed by atoms with van der Waals surface area (Å²) in [6.07, 6.45) is 8.16. The molecule has 2 aliphatic rings. The fourth-order valence-electron chi connectivity index (χ4n) is 5.48. The van der Waals surface area contributed by atoms with Gasteiger partial charge < -0.3 is 14.6 Å². The van der Waals surface area contributed by atoms with Gasteiger partial charge in [0.05, 0.1) is 5.56 Å². The highest BCUT2D eigenvalue weighted by Crippen LogP contribution is 2.44. The number of ether oxygens (including phenoxy) is 1. The molecular weight excluding hydrogens is 516 g/mol. The Balaban J connectivity index is 1.38. The maximum Gasteiger partial charge on any atom is 0.341 e. The SMILES string of the molecule is CCN1CCc2c(sc(-n3cccc3)c2CNC(=O)Nc2sc3c(c2C(=O)OC(C)(C)C)C(C)CCC3)C1. The first kappa shape index (κ1) is 27.0. The Morgan fingerprint density at radius 3 is 2.61 bits per heavy atom. The van der Waals surface area contributed by atoms with Gasteiger partial charge in [-0.25, -0.2) is 9.59 Å². The van der Waals surface area contributed by atoms with Crippen molar-refractivity contribution in [3.05, 3.63) is 56.5 Å². The number of aryl methyl sites for hydroxylation is 1. The number of urea groups is 1. The van der Waals surface area contributed by atoms with Crippen LogP contribution in [0.15, 0.2) is 24.5 Å². The lowest BCUT2D eigenvalue weighted by atomic mass is 9.86. The molecule has 1 aliphatic heterocycles. The fourth-order valence-corrected chi connectivity index (χ4v) is 8.20. The van der Waals surface area contributed by atoms with Gasteiger partial charge in [0.25, 0.3) is 0 Å². The summed E-state index contributed by atoms with van der Waals surface area (Å²) in [5.74, 6) is -0.0957. The maximum atomic E-state index is 13.3. The van der Waals surface area contributed by atoms with Crippen LogP contribution in [0.25, 0.3) is 5.00 Å². The predicted octanol–water partition coefficient (Wildman–Crippen LogP) is 6.70. The summed E-state index contributed by atoms with van der Waals surface area (Å²) in [6, 6.07) is 3.75. The van der Waals surface area contributed by atoms with E-state index in [-0.39, 0.29) is 17.9 Å². The lowest BCUT2D eigenvalue weighted by Gasteiger charge is -2.25. The first-order chi connectivity index (χ1) is 18.1. The molecule has 7 nitrogen and oxygen atoms in total. The molecule has 1 atom stereocenters. The average molecular weight is 555 g/mol. The molecule has 3 aromatic rings. The molecule has 2 amide bonds. The van der Waals surface area contributed by atoms with Gasteiger partial charge in [-0.15, -0.1) is 22.7 Å². The van der Waals surface area contributed by atoms with E-state index in [1.165, 1.54) is 32.2 Å². The summed E-state index contributed by atoms with van der Waals surface area (Å²) in [5, 5.41) is 7.88. The van der Waals surface area contributed by atoms with E-state index in [1.54, 1.807) is 0 Å². The van der Waals surface area contributed by atoms with Crippen molar-refractivity contribution in [1.82, 2.24) is 14.8 Å². The highest BCUT2D eigenvalue weighted by Gasteiger charge is 2.33. The van der Waals surface area contributed by atoms with Crippen LogP contribution in [0.2, 0.25) is 0 Å². The normalized spacial score (nSPS) is 17.6. The molecule has 4 heterocycles. The molecule has 3 aromatic heterocycles. The zero-order valence-electron chi connectivity index (χ0n) is 23.0. The van der Waals surface area contributed by atoms with Crippen molar-refractivity contribution in [3.63, 3.8) is 0 Å². The summed E-state index contributed by atoms with van der Waals surface area (Å²) in [7, 11) is 0. The van der Waals surface area contributed by atoms with Gasteiger partial charge in [-0.05, 0) is 82.2 Å². The molecule has 0 fully saturated rings. The average Bonchev–Trinajstić information content (AvgIpc) is 3.58. The molecule has 1 aliphatic carbocycles. The predicted molar refractivity (Wildman–Crippen MR) is 155 cm³/mol. The number of aromatic nitrogens is 1. The second-order valence-corrected chi connectivity index (χ2v) is 13.4. The number of rotatable bonds is 6. The van der Waals surface area contributed by atoms with Gasteiger partial charge in [0.15, 0.2) is 0 Å². The molecule has 204 valence electrons. The van der Waals surface area contributed by atoms with Crippen LogP contribution in [0.3, 0.4) is 0 Å². The summed E-state index contributed by atoms with van der Waals surface area (Å²) >= 11 is 3.33. The van der Waals surface area contributed by atoms with E-state index >= 15 is 0 Å². The van der Waals surface area contributed by atoms with E-state index < -0.39 is 5.60 Å². The topological polar surface area (TPSA) is 75.6 Å². The van der Waals surface area contributed by atoms with E-state index in [1.807, 2.05) is 44.2 Å². The van der Waals surface area contributed by atoms with E-state index in [9.17, 15) is 9.59 Å². The molecule has 0 radical (unpaired) electrons. The van der Waals surface area contributed by atoms with Crippen LogP contribution in [-0.4, -0.2) is 40.2 Å². The Bertz CT molecular complexity index is 1320. The van der Waals surface area contributed by atoms with E-state index in [0.717, 1.165) is 55.9 Å².